The maximum Gasteiger partial charge on any atom is 0.419 e. The first-order chi connectivity index (χ1) is 10.7. The van der Waals surface area contributed by atoms with Crippen LogP contribution < -0.4 is 4.90 Å². The highest BCUT2D eigenvalue weighted by atomic mass is 35.5. The molecule has 1 aliphatic rings. The largest absolute Gasteiger partial charge is 0.419 e. The highest BCUT2D eigenvalue weighted by Crippen LogP contribution is 2.43. The zero-order valence-corrected chi connectivity index (χ0v) is 12.6. The summed E-state index contributed by atoms with van der Waals surface area (Å²) in [6.07, 6.45) is -4.82. The van der Waals surface area contributed by atoms with Crippen LogP contribution in [0, 0.1) is 0 Å². The Balaban J connectivity index is 2.21. The van der Waals surface area contributed by atoms with Crippen LogP contribution in [0.2, 0.25) is 10.0 Å². The molecule has 0 atom stereocenters. The molecule has 23 heavy (non-hydrogen) atoms. The van der Waals surface area contributed by atoms with Gasteiger partial charge in [-0.25, -0.2) is 4.90 Å². The number of carbonyl (C=O) groups is 2. The Bertz CT molecular complexity index is 849. The van der Waals surface area contributed by atoms with Crippen LogP contribution in [0.5, 0.6) is 0 Å². The molecule has 0 N–H and O–H groups in total. The summed E-state index contributed by atoms with van der Waals surface area (Å²) in [6.45, 7) is 0. The van der Waals surface area contributed by atoms with Gasteiger partial charge in [-0.15, -0.1) is 0 Å². The van der Waals surface area contributed by atoms with Crippen LogP contribution in [0.25, 0.3) is 0 Å². The molecule has 0 radical (unpaired) electrons. The predicted octanol–water partition coefficient (Wildman–Crippen LogP) is 4.81. The quantitative estimate of drug-likeness (QED) is 0.685. The number of hydrogen-bond acceptors (Lipinski definition) is 2. The van der Waals surface area contributed by atoms with Gasteiger partial charge in [-0.1, -0.05) is 29.3 Å². The molecule has 2 aromatic carbocycles. The number of alkyl halides is 3. The zero-order valence-electron chi connectivity index (χ0n) is 11.1. The molecule has 0 aromatic heterocycles. The van der Waals surface area contributed by atoms with E-state index in [0.717, 1.165) is 12.1 Å². The van der Waals surface area contributed by atoms with Gasteiger partial charge in [0.25, 0.3) is 11.8 Å². The fourth-order valence-electron chi connectivity index (χ4n) is 2.41. The lowest BCUT2D eigenvalue weighted by molar-refractivity contribution is -0.136. The van der Waals surface area contributed by atoms with E-state index in [9.17, 15) is 22.8 Å². The van der Waals surface area contributed by atoms with Crippen molar-refractivity contribution in [3.05, 3.63) is 63.1 Å². The molecule has 0 spiro atoms. The second-order valence-electron chi connectivity index (χ2n) is 4.77. The molecule has 0 unspecified atom stereocenters. The molecule has 3 rings (SSSR count). The van der Waals surface area contributed by atoms with Gasteiger partial charge in [-0.05, 0) is 30.3 Å². The Morgan fingerprint density at radius 1 is 0.913 bits per heavy atom. The van der Waals surface area contributed by atoms with Crippen molar-refractivity contribution in [3.8, 4) is 0 Å². The average molecular weight is 360 g/mol. The average Bonchev–Trinajstić information content (AvgIpc) is 2.68. The van der Waals surface area contributed by atoms with Gasteiger partial charge in [0.05, 0.1) is 27.4 Å². The van der Waals surface area contributed by atoms with Crippen LogP contribution in [0.4, 0.5) is 18.9 Å². The van der Waals surface area contributed by atoms with Crippen LogP contribution in [0.15, 0.2) is 36.4 Å². The molecule has 0 fully saturated rings. The summed E-state index contributed by atoms with van der Waals surface area (Å²) in [6, 6.07) is 7.24. The molecule has 8 heteroatoms. The van der Waals surface area contributed by atoms with E-state index in [1.807, 2.05) is 0 Å². The summed E-state index contributed by atoms with van der Waals surface area (Å²) >= 11 is 11.4. The van der Waals surface area contributed by atoms with E-state index in [0.29, 0.717) is 4.90 Å². The van der Waals surface area contributed by atoms with Gasteiger partial charge < -0.3 is 0 Å². The standard InChI is InChI=1S/C15H6Cl2F3NO2/c16-7-4-5-8-9(6-7)14(23)21(13(8)22)11-3-1-2-10(17)12(11)15(18,19)20/h1-6H. The highest BCUT2D eigenvalue weighted by Gasteiger charge is 2.43. The minimum Gasteiger partial charge on any atom is -0.268 e. The predicted molar refractivity (Wildman–Crippen MR) is 79.0 cm³/mol. The van der Waals surface area contributed by atoms with Crippen molar-refractivity contribution >= 4 is 40.7 Å². The number of anilines is 1. The minimum absolute atomic E-state index is 0.00694. The fourth-order valence-corrected chi connectivity index (χ4v) is 2.86. The summed E-state index contributed by atoms with van der Waals surface area (Å²) in [7, 11) is 0. The van der Waals surface area contributed by atoms with E-state index >= 15 is 0 Å². The highest BCUT2D eigenvalue weighted by molar-refractivity contribution is 6.37. The van der Waals surface area contributed by atoms with Gasteiger partial charge in [-0.2, -0.15) is 13.2 Å². The van der Waals surface area contributed by atoms with Gasteiger partial charge >= 0.3 is 6.18 Å². The smallest absolute Gasteiger partial charge is 0.268 e. The van der Waals surface area contributed by atoms with Crippen LogP contribution in [-0.4, -0.2) is 11.8 Å². The molecule has 1 heterocycles. The van der Waals surface area contributed by atoms with Crippen molar-refractivity contribution in [1.29, 1.82) is 0 Å². The number of benzene rings is 2. The monoisotopic (exact) mass is 359 g/mol. The number of rotatable bonds is 1. The van der Waals surface area contributed by atoms with Crippen LogP contribution in [0.1, 0.15) is 26.3 Å². The summed E-state index contributed by atoms with van der Waals surface area (Å²) < 4.78 is 39.8. The van der Waals surface area contributed by atoms with E-state index in [1.165, 1.54) is 24.3 Å². The van der Waals surface area contributed by atoms with E-state index in [2.05, 4.69) is 0 Å². The Morgan fingerprint density at radius 2 is 1.57 bits per heavy atom. The van der Waals surface area contributed by atoms with Gasteiger partial charge in [0.1, 0.15) is 0 Å². The molecule has 0 saturated heterocycles. The minimum atomic E-state index is -4.82. The fraction of sp³-hybridized carbons (Fsp3) is 0.0667. The lowest BCUT2D eigenvalue weighted by Gasteiger charge is -2.20. The molecular weight excluding hydrogens is 354 g/mol. The van der Waals surface area contributed by atoms with Gasteiger partial charge in [0.15, 0.2) is 0 Å². The number of amides is 2. The van der Waals surface area contributed by atoms with Crippen molar-refractivity contribution in [2.24, 2.45) is 0 Å². The van der Waals surface area contributed by atoms with E-state index in [-0.39, 0.29) is 16.1 Å². The number of halogens is 5. The first-order valence-electron chi connectivity index (χ1n) is 6.26. The maximum atomic E-state index is 13.3. The van der Waals surface area contributed by atoms with E-state index in [4.69, 9.17) is 23.2 Å². The summed E-state index contributed by atoms with van der Waals surface area (Å²) in [5.41, 5.74) is -1.89. The third-order valence-corrected chi connectivity index (χ3v) is 3.91. The maximum absolute atomic E-state index is 13.3. The Kier molecular flexibility index (Phi) is 3.61. The van der Waals surface area contributed by atoms with Crippen molar-refractivity contribution in [3.63, 3.8) is 0 Å². The molecule has 0 bridgehead atoms. The normalized spacial score (nSPS) is 14.4. The topological polar surface area (TPSA) is 37.4 Å². The van der Waals surface area contributed by atoms with Gasteiger partial charge in [0, 0.05) is 5.02 Å². The van der Waals surface area contributed by atoms with E-state index < -0.39 is 34.3 Å². The Hall–Kier alpha value is -2.05. The third-order valence-electron chi connectivity index (χ3n) is 3.36. The molecule has 3 nitrogen and oxygen atoms in total. The Labute approximate surface area is 138 Å². The molecule has 0 saturated carbocycles. The van der Waals surface area contributed by atoms with Gasteiger partial charge in [0.2, 0.25) is 0 Å². The number of imide groups is 1. The number of hydrogen-bond donors (Lipinski definition) is 0. The first-order valence-corrected chi connectivity index (χ1v) is 7.01. The second-order valence-corrected chi connectivity index (χ2v) is 5.61. The summed E-state index contributed by atoms with van der Waals surface area (Å²) in [5.74, 6) is -1.73. The van der Waals surface area contributed by atoms with E-state index in [1.54, 1.807) is 0 Å². The number of fused-ring (bicyclic) bond motifs is 1. The van der Waals surface area contributed by atoms with Crippen LogP contribution in [-0.2, 0) is 6.18 Å². The molecular formula is C15H6Cl2F3NO2. The van der Waals surface area contributed by atoms with Crippen LogP contribution >= 0.6 is 23.2 Å². The molecule has 118 valence electrons. The number of carbonyl (C=O) groups excluding carboxylic acids is 2. The lowest BCUT2D eigenvalue weighted by Crippen LogP contribution is -2.31. The van der Waals surface area contributed by atoms with Crippen molar-refractivity contribution in [1.82, 2.24) is 0 Å². The van der Waals surface area contributed by atoms with Crippen molar-refractivity contribution in [2.45, 2.75) is 6.18 Å². The summed E-state index contributed by atoms with van der Waals surface area (Å²) in [5, 5.41) is -0.390. The second kappa shape index (κ2) is 5.25. The summed E-state index contributed by atoms with van der Waals surface area (Å²) in [4.78, 5) is 25.2. The molecule has 1 aliphatic heterocycles. The van der Waals surface area contributed by atoms with Gasteiger partial charge in [-0.3, -0.25) is 9.59 Å². The third kappa shape index (κ3) is 2.48. The first kappa shape index (κ1) is 15.8. The Morgan fingerprint density at radius 3 is 2.22 bits per heavy atom. The van der Waals surface area contributed by atoms with Crippen molar-refractivity contribution < 1.29 is 22.8 Å². The molecule has 0 aliphatic carbocycles. The SMILES string of the molecule is O=C1c2ccc(Cl)cc2C(=O)N1c1cccc(Cl)c1C(F)(F)F. The lowest BCUT2D eigenvalue weighted by atomic mass is 10.1. The zero-order chi connectivity index (χ0) is 16.9. The molecule has 2 aromatic rings. The van der Waals surface area contributed by atoms with Crippen molar-refractivity contribution in [2.75, 3.05) is 4.90 Å². The van der Waals surface area contributed by atoms with Crippen LogP contribution in [0.3, 0.4) is 0 Å². The number of nitrogens with zero attached hydrogens (tertiary/aromatic N) is 1. The molecule has 2 amide bonds.